The molecule has 0 aliphatic carbocycles. The van der Waals surface area contributed by atoms with Crippen LogP contribution in [0, 0.1) is 23.7 Å². The summed E-state index contributed by atoms with van der Waals surface area (Å²) in [7, 11) is 0. The maximum absolute atomic E-state index is 11.8. The number of carbonyl (C=O) groups is 1. The molecule has 1 amide bonds. The fourth-order valence-electron chi connectivity index (χ4n) is 2.99. The van der Waals surface area contributed by atoms with Gasteiger partial charge in [-0.05, 0) is 57.9 Å². The smallest absolute Gasteiger partial charge is 0.239 e. The summed E-state index contributed by atoms with van der Waals surface area (Å²) in [4.78, 5) is 16.8. The molecular weight excluding hydrogens is 312 g/mol. The highest BCUT2D eigenvalue weighted by Crippen LogP contribution is 2.18. The number of hydrogen-bond acceptors (Lipinski definition) is 4. The van der Waals surface area contributed by atoms with Crippen molar-refractivity contribution in [1.29, 1.82) is 5.26 Å². The van der Waals surface area contributed by atoms with Gasteiger partial charge in [0.1, 0.15) is 5.41 Å². The second-order valence-corrected chi connectivity index (χ2v) is 7.37. The molecule has 0 bridgehead atoms. The molecule has 1 fully saturated rings. The van der Waals surface area contributed by atoms with Crippen LogP contribution in [0.5, 0.6) is 0 Å². The molecule has 1 N–H and O–H groups in total. The molecule has 0 unspecified atom stereocenters. The molecule has 1 aromatic rings. The first-order valence-corrected chi connectivity index (χ1v) is 9.16. The number of amides is 1. The van der Waals surface area contributed by atoms with Crippen LogP contribution in [-0.2, 0) is 4.79 Å². The Bertz CT molecular complexity index is 612. The molecule has 0 saturated carbocycles. The number of nitrogens with zero attached hydrogens (tertiary/aromatic N) is 3. The Hall–Kier alpha value is -2.06. The van der Waals surface area contributed by atoms with Crippen LogP contribution in [0.25, 0.3) is 0 Å². The molecule has 0 radical (unpaired) electrons. The van der Waals surface area contributed by atoms with E-state index >= 15 is 0 Å². The van der Waals surface area contributed by atoms with E-state index in [1.54, 1.807) is 13.8 Å². The van der Waals surface area contributed by atoms with Gasteiger partial charge in [-0.15, -0.1) is 0 Å². The second-order valence-electron chi connectivity index (χ2n) is 7.37. The minimum Gasteiger partial charge on any atom is -0.369 e. The third-order valence-corrected chi connectivity index (χ3v) is 4.77. The predicted molar refractivity (Wildman–Crippen MR) is 101 cm³/mol. The highest BCUT2D eigenvalue weighted by atomic mass is 16.2. The van der Waals surface area contributed by atoms with Crippen molar-refractivity contribution in [1.82, 2.24) is 10.2 Å². The van der Waals surface area contributed by atoms with Gasteiger partial charge in [-0.2, -0.15) is 5.26 Å². The average molecular weight is 342 g/mol. The molecule has 25 heavy (non-hydrogen) atoms. The number of nitrogens with one attached hydrogen (secondary N) is 1. The summed E-state index contributed by atoms with van der Waals surface area (Å²) in [5, 5.41) is 11.8. The van der Waals surface area contributed by atoms with Gasteiger partial charge in [0.2, 0.25) is 5.91 Å². The van der Waals surface area contributed by atoms with Crippen LogP contribution in [0.15, 0.2) is 24.3 Å². The third kappa shape index (κ3) is 5.75. The number of carbonyl (C=O) groups excluding carboxylic acids is 1. The summed E-state index contributed by atoms with van der Waals surface area (Å²) in [6.07, 6.45) is 2.02. The summed E-state index contributed by atoms with van der Waals surface area (Å²) < 4.78 is 0. The Morgan fingerprint density at radius 3 is 2.60 bits per heavy atom. The Kier molecular flexibility index (Phi) is 6.83. The predicted octanol–water partition coefficient (Wildman–Crippen LogP) is 2.56. The first-order valence-electron chi connectivity index (χ1n) is 9.16. The van der Waals surface area contributed by atoms with Gasteiger partial charge in [-0.3, -0.25) is 9.69 Å². The largest absolute Gasteiger partial charge is 0.369 e. The molecule has 0 aromatic heterocycles. The van der Waals surface area contributed by atoms with Gasteiger partial charge >= 0.3 is 0 Å². The van der Waals surface area contributed by atoms with Gasteiger partial charge in [0.05, 0.1) is 6.07 Å². The minimum atomic E-state index is -0.938. The Balaban J connectivity index is 1.62. The van der Waals surface area contributed by atoms with Crippen LogP contribution in [0.3, 0.4) is 0 Å². The van der Waals surface area contributed by atoms with Gasteiger partial charge in [0.15, 0.2) is 0 Å². The lowest BCUT2D eigenvalue weighted by Gasteiger charge is -2.36. The summed E-state index contributed by atoms with van der Waals surface area (Å²) in [5.74, 6) is -0.179. The summed E-state index contributed by atoms with van der Waals surface area (Å²) >= 11 is 0. The maximum atomic E-state index is 11.8. The van der Waals surface area contributed by atoms with Crippen molar-refractivity contribution in [3.05, 3.63) is 29.8 Å². The van der Waals surface area contributed by atoms with E-state index in [9.17, 15) is 4.79 Å². The topological polar surface area (TPSA) is 59.4 Å². The number of anilines is 1. The summed E-state index contributed by atoms with van der Waals surface area (Å²) in [6, 6.07) is 10.7. The zero-order valence-corrected chi connectivity index (χ0v) is 15.7. The van der Waals surface area contributed by atoms with E-state index in [-0.39, 0.29) is 5.91 Å². The van der Waals surface area contributed by atoms with Crippen LogP contribution < -0.4 is 10.2 Å². The van der Waals surface area contributed by atoms with Crippen molar-refractivity contribution in [3.8, 4) is 6.07 Å². The lowest BCUT2D eigenvalue weighted by atomic mass is 9.95. The number of nitriles is 1. The molecule has 2 rings (SSSR count). The van der Waals surface area contributed by atoms with Crippen molar-refractivity contribution >= 4 is 11.6 Å². The molecule has 1 heterocycles. The number of aryl methyl sites for hydroxylation is 1. The molecule has 1 aliphatic rings. The molecular formula is C20H30N4O. The van der Waals surface area contributed by atoms with Gasteiger partial charge < -0.3 is 10.2 Å². The zero-order valence-electron chi connectivity index (χ0n) is 15.7. The monoisotopic (exact) mass is 342 g/mol. The van der Waals surface area contributed by atoms with E-state index in [0.29, 0.717) is 6.54 Å². The number of unbranched alkanes of at least 4 members (excludes halogenated alkanes) is 1. The molecule has 136 valence electrons. The van der Waals surface area contributed by atoms with Crippen LogP contribution in [0.4, 0.5) is 5.69 Å². The molecule has 1 aromatic carbocycles. The lowest BCUT2D eigenvalue weighted by Crippen LogP contribution is -2.46. The first-order chi connectivity index (χ1) is 11.9. The van der Waals surface area contributed by atoms with E-state index in [1.165, 1.54) is 11.3 Å². The summed E-state index contributed by atoms with van der Waals surface area (Å²) in [6.45, 7) is 11.4. The van der Waals surface area contributed by atoms with E-state index in [0.717, 1.165) is 45.6 Å². The molecule has 5 heteroatoms. The maximum Gasteiger partial charge on any atom is 0.239 e. The van der Waals surface area contributed by atoms with Gasteiger partial charge in [-0.25, -0.2) is 0 Å². The fourth-order valence-corrected chi connectivity index (χ4v) is 2.99. The molecule has 0 atom stereocenters. The van der Waals surface area contributed by atoms with E-state index in [1.807, 2.05) is 6.07 Å². The molecule has 1 saturated heterocycles. The third-order valence-electron chi connectivity index (χ3n) is 4.77. The van der Waals surface area contributed by atoms with Gasteiger partial charge in [-0.1, -0.05) is 12.1 Å². The highest BCUT2D eigenvalue weighted by Gasteiger charge is 2.26. The number of rotatable bonds is 7. The fraction of sp³-hybridized carbons (Fsp3) is 0.600. The Morgan fingerprint density at radius 2 is 1.96 bits per heavy atom. The standard InChI is InChI=1S/C20H30N4O/c1-17-7-6-8-18(15-17)24-13-11-23(12-14-24)10-5-4-9-22-19(25)20(2,3)16-21/h6-8,15H,4-5,9-14H2,1-3H3,(H,22,25). The Morgan fingerprint density at radius 1 is 1.24 bits per heavy atom. The average Bonchev–Trinajstić information content (AvgIpc) is 2.61. The van der Waals surface area contributed by atoms with Crippen molar-refractivity contribution in [2.45, 2.75) is 33.6 Å². The van der Waals surface area contributed by atoms with Crippen molar-refractivity contribution in [3.63, 3.8) is 0 Å². The minimum absolute atomic E-state index is 0.179. The van der Waals surface area contributed by atoms with Crippen molar-refractivity contribution in [2.24, 2.45) is 5.41 Å². The quantitative estimate of drug-likeness (QED) is 0.774. The Labute approximate surface area is 151 Å². The van der Waals surface area contributed by atoms with Crippen LogP contribution in [0.2, 0.25) is 0 Å². The lowest BCUT2D eigenvalue weighted by molar-refractivity contribution is -0.126. The van der Waals surface area contributed by atoms with Crippen molar-refractivity contribution in [2.75, 3.05) is 44.2 Å². The summed E-state index contributed by atoms with van der Waals surface area (Å²) in [5.41, 5.74) is 1.69. The molecule has 5 nitrogen and oxygen atoms in total. The second kappa shape index (κ2) is 8.87. The number of benzene rings is 1. The van der Waals surface area contributed by atoms with Crippen molar-refractivity contribution < 1.29 is 4.79 Å². The zero-order chi connectivity index (χ0) is 18.3. The molecule has 1 aliphatic heterocycles. The van der Waals surface area contributed by atoms with E-state index in [4.69, 9.17) is 5.26 Å². The van der Waals surface area contributed by atoms with E-state index in [2.05, 4.69) is 46.3 Å². The highest BCUT2D eigenvalue weighted by molar-refractivity contribution is 5.84. The van der Waals surface area contributed by atoms with Gasteiger partial charge in [0, 0.05) is 38.4 Å². The van der Waals surface area contributed by atoms with E-state index < -0.39 is 5.41 Å². The van der Waals surface area contributed by atoms with Crippen LogP contribution >= 0.6 is 0 Å². The van der Waals surface area contributed by atoms with Gasteiger partial charge in [0.25, 0.3) is 0 Å². The normalized spacial score (nSPS) is 15.7. The van der Waals surface area contributed by atoms with Crippen LogP contribution in [0.1, 0.15) is 32.3 Å². The van der Waals surface area contributed by atoms with Crippen LogP contribution in [-0.4, -0.2) is 50.1 Å². The SMILES string of the molecule is Cc1cccc(N2CCN(CCCCNC(=O)C(C)(C)C#N)CC2)c1. The number of piperazine rings is 1. The first kappa shape index (κ1) is 19.3. The number of hydrogen-bond donors (Lipinski definition) is 1. The molecule has 0 spiro atoms.